The van der Waals surface area contributed by atoms with Crippen LogP contribution in [0.1, 0.15) is 0 Å². The van der Waals surface area contributed by atoms with Crippen molar-refractivity contribution in [2.45, 2.75) is 0 Å². The highest BCUT2D eigenvalue weighted by atomic mass is 79.9. The molecule has 0 amide bonds. The summed E-state index contributed by atoms with van der Waals surface area (Å²) < 4.78 is 0.944. The number of hydrogen-bond acceptors (Lipinski definition) is 3. The third-order valence-corrected chi connectivity index (χ3v) is 2.77. The smallest absolute Gasteiger partial charge is 0.127 e. The lowest BCUT2D eigenvalue weighted by molar-refractivity contribution is 0.959. The van der Waals surface area contributed by atoms with Crippen LogP contribution < -0.4 is 0 Å². The second kappa shape index (κ2) is 2.75. The fraction of sp³-hybridized carbons (Fsp3) is 0. The van der Waals surface area contributed by atoms with Crippen molar-refractivity contribution in [3.05, 3.63) is 29.0 Å². The van der Waals surface area contributed by atoms with Crippen molar-refractivity contribution in [2.24, 2.45) is 0 Å². The number of nitrogens with zero attached hydrogens (tertiary/aromatic N) is 3. The van der Waals surface area contributed by atoms with Crippen LogP contribution >= 0.6 is 15.9 Å². The summed E-state index contributed by atoms with van der Waals surface area (Å²) in [5, 5.41) is 12.9. The van der Waals surface area contributed by atoms with E-state index in [0.29, 0.717) is 0 Å². The average molecular weight is 249 g/mol. The summed E-state index contributed by atoms with van der Waals surface area (Å²) in [7, 11) is 0. The maximum Gasteiger partial charge on any atom is 0.127 e. The summed E-state index contributed by atoms with van der Waals surface area (Å²) in [5.41, 5.74) is 1.69. The molecule has 0 saturated heterocycles. The molecule has 3 aromatic rings. The van der Waals surface area contributed by atoms with E-state index in [1.807, 2.05) is 12.1 Å². The Hall–Kier alpha value is -1.49. The molecule has 0 bridgehead atoms. The van der Waals surface area contributed by atoms with Gasteiger partial charge in [0.25, 0.3) is 0 Å². The monoisotopic (exact) mass is 248 g/mol. The highest BCUT2D eigenvalue weighted by Gasteiger charge is 2.07. The molecule has 3 rings (SSSR count). The van der Waals surface area contributed by atoms with E-state index in [2.05, 4.69) is 36.3 Å². The third kappa shape index (κ3) is 0.957. The molecule has 0 unspecified atom stereocenters. The Balaban J connectivity index is 2.66. The van der Waals surface area contributed by atoms with Crippen molar-refractivity contribution < 1.29 is 0 Å². The number of hydrogen-bond donors (Lipinski definition) is 1. The molecule has 0 aliphatic rings. The number of benzene rings is 1. The van der Waals surface area contributed by atoms with Gasteiger partial charge in [-0.1, -0.05) is 0 Å². The normalized spacial score (nSPS) is 11.2. The highest BCUT2D eigenvalue weighted by Crippen LogP contribution is 2.28. The van der Waals surface area contributed by atoms with E-state index in [1.54, 1.807) is 12.4 Å². The van der Waals surface area contributed by atoms with Crippen LogP contribution in [0.5, 0.6) is 0 Å². The van der Waals surface area contributed by atoms with Gasteiger partial charge in [0.05, 0.1) is 0 Å². The Morgan fingerprint density at radius 2 is 2.07 bits per heavy atom. The molecule has 68 valence electrons. The zero-order chi connectivity index (χ0) is 9.54. The van der Waals surface area contributed by atoms with Gasteiger partial charge < -0.3 is 0 Å². The number of aromatic nitrogens is 4. The summed E-state index contributed by atoms with van der Waals surface area (Å²) in [4.78, 5) is 4.08. The molecule has 1 N–H and O–H groups in total. The molecular formula is C9H5BrN4. The average Bonchev–Trinajstić information content (AvgIpc) is 2.67. The number of aromatic amines is 1. The predicted molar refractivity (Wildman–Crippen MR) is 56.9 cm³/mol. The quantitative estimate of drug-likeness (QED) is 0.664. The van der Waals surface area contributed by atoms with Crippen molar-refractivity contribution in [3.8, 4) is 0 Å². The van der Waals surface area contributed by atoms with Gasteiger partial charge >= 0.3 is 0 Å². The summed E-state index contributed by atoms with van der Waals surface area (Å²) in [6.07, 6.45) is 3.56. The number of H-pyrrole nitrogens is 1. The molecule has 0 atom stereocenters. The zero-order valence-electron chi connectivity index (χ0n) is 7.03. The van der Waals surface area contributed by atoms with E-state index in [9.17, 15) is 0 Å². The molecule has 0 aliphatic carbocycles. The van der Waals surface area contributed by atoms with E-state index in [4.69, 9.17) is 0 Å². The van der Waals surface area contributed by atoms with Crippen molar-refractivity contribution in [2.75, 3.05) is 0 Å². The van der Waals surface area contributed by atoms with Gasteiger partial charge in [0.15, 0.2) is 0 Å². The van der Waals surface area contributed by atoms with Crippen molar-refractivity contribution in [3.63, 3.8) is 0 Å². The first-order valence-electron chi connectivity index (χ1n) is 4.09. The van der Waals surface area contributed by atoms with E-state index in [1.165, 1.54) is 0 Å². The summed E-state index contributed by atoms with van der Waals surface area (Å²) in [6, 6.07) is 3.97. The van der Waals surface area contributed by atoms with E-state index < -0.39 is 0 Å². The first-order valence-corrected chi connectivity index (χ1v) is 4.88. The SMILES string of the molecule is Brc1cc2ccncc2c2n[nH]nc12. The van der Waals surface area contributed by atoms with E-state index >= 15 is 0 Å². The Morgan fingerprint density at radius 3 is 3.00 bits per heavy atom. The van der Waals surface area contributed by atoms with Crippen LogP contribution in [0.4, 0.5) is 0 Å². The summed E-state index contributed by atoms with van der Waals surface area (Å²) >= 11 is 3.45. The Kier molecular flexibility index (Phi) is 1.55. The van der Waals surface area contributed by atoms with E-state index in [0.717, 1.165) is 26.3 Å². The standard InChI is InChI=1S/C9H5BrN4/c10-7-3-5-1-2-11-4-6(5)8-9(7)13-14-12-8/h1-4H,(H,12,13,14). The van der Waals surface area contributed by atoms with Crippen molar-refractivity contribution in [1.29, 1.82) is 0 Å². The van der Waals surface area contributed by atoms with Crippen LogP contribution in [-0.4, -0.2) is 20.4 Å². The first-order chi connectivity index (χ1) is 6.86. The molecule has 0 aliphatic heterocycles. The molecule has 2 aromatic heterocycles. The number of halogens is 1. The minimum absolute atomic E-state index is 0.838. The maximum atomic E-state index is 4.10. The van der Waals surface area contributed by atoms with Crippen LogP contribution in [0.2, 0.25) is 0 Å². The third-order valence-electron chi connectivity index (χ3n) is 2.17. The molecule has 14 heavy (non-hydrogen) atoms. The van der Waals surface area contributed by atoms with Gasteiger partial charge in [0.1, 0.15) is 11.0 Å². The topological polar surface area (TPSA) is 54.5 Å². The fourth-order valence-electron chi connectivity index (χ4n) is 1.52. The second-order valence-corrected chi connectivity index (χ2v) is 3.83. The van der Waals surface area contributed by atoms with Crippen LogP contribution in [0.15, 0.2) is 29.0 Å². The lowest BCUT2D eigenvalue weighted by atomic mass is 10.1. The van der Waals surface area contributed by atoms with Crippen molar-refractivity contribution >= 4 is 37.7 Å². The van der Waals surface area contributed by atoms with Gasteiger partial charge in [-0.05, 0) is 33.4 Å². The molecule has 1 aromatic carbocycles. The predicted octanol–water partition coefficient (Wildman–Crippen LogP) is 2.27. The van der Waals surface area contributed by atoms with Crippen LogP contribution in [-0.2, 0) is 0 Å². The molecule has 0 radical (unpaired) electrons. The van der Waals surface area contributed by atoms with E-state index in [-0.39, 0.29) is 0 Å². The fourth-order valence-corrected chi connectivity index (χ4v) is 2.04. The molecule has 0 fully saturated rings. The molecule has 2 heterocycles. The van der Waals surface area contributed by atoms with Gasteiger partial charge in [-0.3, -0.25) is 4.98 Å². The molecule has 4 nitrogen and oxygen atoms in total. The van der Waals surface area contributed by atoms with Crippen LogP contribution in [0.3, 0.4) is 0 Å². The molecule has 0 saturated carbocycles. The molecular weight excluding hydrogens is 244 g/mol. The van der Waals surface area contributed by atoms with Crippen molar-refractivity contribution in [1.82, 2.24) is 20.4 Å². The molecule has 0 spiro atoms. The number of fused-ring (bicyclic) bond motifs is 3. The minimum atomic E-state index is 0.838. The zero-order valence-corrected chi connectivity index (χ0v) is 8.62. The van der Waals surface area contributed by atoms with Gasteiger partial charge in [-0.25, -0.2) is 0 Å². The lowest BCUT2D eigenvalue weighted by Crippen LogP contribution is -1.79. The Morgan fingerprint density at radius 1 is 1.21 bits per heavy atom. The lowest BCUT2D eigenvalue weighted by Gasteiger charge is -1.97. The maximum absolute atomic E-state index is 4.10. The van der Waals surface area contributed by atoms with Gasteiger partial charge in [-0.15, -0.1) is 0 Å². The van der Waals surface area contributed by atoms with Crippen LogP contribution in [0, 0.1) is 0 Å². The van der Waals surface area contributed by atoms with Gasteiger partial charge in [0, 0.05) is 22.3 Å². The summed E-state index contributed by atoms with van der Waals surface area (Å²) in [6.45, 7) is 0. The second-order valence-electron chi connectivity index (χ2n) is 2.98. The number of nitrogens with one attached hydrogen (secondary N) is 1. The first kappa shape index (κ1) is 7.87. The largest absolute Gasteiger partial charge is 0.264 e. The summed E-state index contributed by atoms with van der Waals surface area (Å²) in [5.74, 6) is 0. The minimum Gasteiger partial charge on any atom is -0.264 e. The van der Waals surface area contributed by atoms with Crippen LogP contribution in [0.25, 0.3) is 21.8 Å². The molecule has 5 heteroatoms. The number of pyridine rings is 1. The highest BCUT2D eigenvalue weighted by molar-refractivity contribution is 9.10. The number of rotatable bonds is 0. The Labute approximate surface area is 87.5 Å². The van der Waals surface area contributed by atoms with Gasteiger partial charge in [-0.2, -0.15) is 15.4 Å². The van der Waals surface area contributed by atoms with Gasteiger partial charge in [0.2, 0.25) is 0 Å². The Bertz CT molecular complexity index is 616.